The third kappa shape index (κ3) is 9.22. The Morgan fingerprint density at radius 3 is 2.71 bits per heavy atom. The minimum absolute atomic E-state index is 0.00349. The molecule has 0 aromatic carbocycles. The molecular formula is C10H20N2O2. The van der Waals surface area contributed by atoms with Crippen molar-refractivity contribution in [3.05, 3.63) is 12.2 Å². The third-order valence-corrected chi connectivity index (χ3v) is 1.64. The molecule has 0 aromatic heterocycles. The van der Waals surface area contributed by atoms with E-state index in [9.17, 15) is 4.79 Å². The fraction of sp³-hybridized carbons (Fsp3) is 0.700. The molecule has 0 atom stereocenters. The maximum Gasteiger partial charge on any atom is 0.234 e. The number of methoxy groups -OCH3 is 1. The Morgan fingerprint density at radius 1 is 1.43 bits per heavy atom. The minimum Gasteiger partial charge on any atom is -0.383 e. The molecule has 4 nitrogen and oxygen atoms in total. The van der Waals surface area contributed by atoms with Crippen molar-refractivity contribution in [2.24, 2.45) is 0 Å². The highest BCUT2D eigenvalue weighted by molar-refractivity contribution is 5.77. The van der Waals surface area contributed by atoms with Gasteiger partial charge in [-0.25, -0.2) is 0 Å². The van der Waals surface area contributed by atoms with Crippen LogP contribution in [0.2, 0.25) is 0 Å². The van der Waals surface area contributed by atoms with E-state index in [1.165, 1.54) is 0 Å². The molecule has 0 heterocycles. The van der Waals surface area contributed by atoms with E-state index in [0.29, 0.717) is 19.7 Å². The van der Waals surface area contributed by atoms with Crippen molar-refractivity contribution in [3.63, 3.8) is 0 Å². The van der Waals surface area contributed by atoms with Crippen LogP contribution in [-0.4, -0.2) is 39.3 Å². The molecule has 0 fully saturated rings. The second-order valence-electron chi connectivity index (χ2n) is 3.23. The molecule has 82 valence electrons. The quantitative estimate of drug-likeness (QED) is 0.438. The summed E-state index contributed by atoms with van der Waals surface area (Å²) < 4.78 is 4.80. The number of amides is 1. The number of hydrogen-bond acceptors (Lipinski definition) is 3. The fourth-order valence-corrected chi connectivity index (χ4v) is 0.859. The molecule has 0 spiro atoms. The second-order valence-corrected chi connectivity index (χ2v) is 3.23. The van der Waals surface area contributed by atoms with Gasteiger partial charge in [0.1, 0.15) is 0 Å². The molecule has 0 unspecified atom stereocenters. The maximum atomic E-state index is 11.1. The average Bonchev–Trinajstić information content (AvgIpc) is 2.13. The molecule has 0 aliphatic heterocycles. The van der Waals surface area contributed by atoms with Crippen LogP contribution in [0.15, 0.2) is 12.2 Å². The molecule has 2 N–H and O–H groups in total. The summed E-state index contributed by atoms with van der Waals surface area (Å²) in [6.45, 7) is 8.02. The molecular weight excluding hydrogens is 180 g/mol. The maximum absolute atomic E-state index is 11.1. The van der Waals surface area contributed by atoms with Crippen LogP contribution in [0.3, 0.4) is 0 Å². The summed E-state index contributed by atoms with van der Waals surface area (Å²) in [6.07, 6.45) is 0.908. The highest BCUT2D eigenvalue weighted by atomic mass is 16.5. The van der Waals surface area contributed by atoms with E-state index in [-0.39, 0.29) is 5.91 Å². The van der Waals surface area contributed by atoms with Gasteiger partial charge >= 0.3 is 0 Å². The summed E-state index contributed by atoms with van der Waals surface area (Å²) in [5.74, 6) is 0.00349. The van der Waals surface area contributed by atoms with Gasteiger partial charge in [0.25, 0.3) is 0 Å². The van der Waals surface area contributed by atoms with Gasteiger partial charge in [-0.2, -0.15) is 0 Å². The standard InChI is InChI=1S/C10H20N2O2/c1-9(2)4-5-11-8-10(13)12-6-7-14-3/h11H,1,4-8H2,2-3H3,(H,12,13). The molecule has 0 bridgehead atoms. The van der Waals surface area contributed by atoms with E-state index >= 15 is 0 Å². The van der Waals surface area contributed by atoms with Crippen molar-refractivity contribution < 1.29 is 9.53 Å². The Morgan fingerprint density at radius 2 is 2.14 bits per heavy atom. The third-order valence-electron chi connectivity index (χ3n) is 1.64. The zero-order chi connectivity index (χ0) is 10.8. The Hall–Kier alpha value is -0.870. The molecule has 0 aliphatic carbocycles. The molecule has 0 rings (SSSR count). The summed E-state index contributed by atoms with van der Waals surface area (Å²) in [4.78, 5) is 11.1. The number of carbonyl (C=O) groups is 1. The van der Waals surface area contributed by atoms with E-state index in [2.05, 4.69) is 17.2 Å². The van der Waals surface area contributed by atoms with Gasteiger partial charge in [0.2, 0.25) is 5.91 Å². The zero-order valence-corrected chi connectivity index (χ0v) is 9.06. The lowest BCUT2D eigenvalue weighted by Crippen LogP contribution is -2.35. The monoisotopic (exact) mass is 200 g/mol. The SMILES string of the molecule is C=C(C)CCNCC(=O)NCCOC. The fourth-order valence-electron chi connectivity index (χ4n) is 0.859. The van der Waals surface area contributed by atoms with E-state index in [1.54, 1.807) is 7.11 Å². The van der Waals surface area contributed by atoms with Crippen molar-refractivity contribution in [1.82, 2.24) is 10.6 Å². The Labute approximate surface area is 85.7 Å². The summed E-state index contributed by atoms with van der Waals surface area (Å²) in [5.41, 5.74) is 1.12. The molecule has 0 radical (unpaired) electrons. The predicted octanol–water partition coefficient (Wildman–Crippen LogP) is 0.305. The van der Waals surface area contributed by atoms with Crippen LogP contribution < -0.4 is 10.6 Å². The van der Waals surface area contributed by atoms with Gasteiger partial charge in [0.15, 0.2) is 0 Å². The highest BCUT2D eigenvalue weighted by Gasteiger charge is 1.98. The van der Waals surface area contributed by atoms with E-state index < -0.39 is 0 Å². The number of nitrogens with one attached hydrogen (secondary N) is 2. The first-order chi connectivity index (χ1) is 6.66. The molecule has 1 amide bonds. The van der Waals surface area contributed by atoms with Gasteiger partial charge in [-0.05, 0) is 19.9 Å². The van der Waals surface area contributed by atoms with Gasteiger partial charge < -0.3 is 15.4 Å². The smallest absolute Gasteiger partial charge is 0.234 e. The van der Waals surface area contributed by atoms with E-state index in [1.807, 2.05) is 6.92 Å². The molecule has 0 aromatic rings. The Balaban J connectivity index is 3.22. The van der Waals surface area contributed by atoms with Gasteiger partial charge in [0, 0.05) is 13.7 Å². The summed E-state index contributed by atoms with van der Waals surface area (Å²) in [6, 6.07) is 0. The van der Waals surface area contributed by atoms with Crippen LogP contribution in [-0.2, 0) is 9.53 Å². The second kappa shape index (κ2) is 8.72. The molecule has 0 aliphatic rings. The number of hydrogen-bond donors (Lipinski definition) is 2. The first kappa shape index (κ1) is 13.1. The van der Waals surface area contributed by atoms with Gasteiger partial charge in [0.05, 0.1) is 13.2 Å². The number of rotatable bonds is 8. The van der Waals surface area contributed by atoms with Crippen LogP contribution in [0.25, 0.3) is 0 Å². The summed E-state index contributed by atoms with van der Waals surface area (Å²) >= 11 is 0. The van der Waals surface area contributed by atoms with E-state index in [0.717, 1.165) is 18.5 Å². The van der Waals surface area contributed by atoms with Crippen LogP contribution in [0, 0.1) is 0 Å². The van der Waals surface area contributed by atoms with Crippen LogP contribution >= 0.6 is 0 Å². The normalized spacial score (nSPS) is 9.86. The van der Waals surface area contributed by atoms with Crippen molar-refractivity contribution in [3.8, 4) is 0 Å². The van der Waals surface area contributed by atoms with Crippen molar-refractivity contribution in [2.75, 3.05) is 33.4 Å². The van der Waals surface area contributed by atoms with Crippen LogP contribution in [0.5, 0.6) is 0 Å². The molecule has 14 heavy (non-hydrogen) atoms. The lowest BCUT2D eigenvalue weighted by molar-refractivity contribution is -0.120. The van der Waals surface area contributed by atoms with Crippen LogP contribution in [0.4, 0.5) is 0 Å². The van der Waals surface area contributed by atoms with Crippen molar-refractivity contribution in [2.45, 2.75) is 13.3 Å². The lowest BCUT2D eigenvalue weighted by Gasteiger charge is -2.05. The summed E-state index contributed by atoms with van der Waals surface area (Å²) in [5, 5.41) is 5.75. The first-order valence-corrected chi connectivity index (χ1v) is 4.77. The molecule has 0 saturated carbocycles. The minimum atomic E-state index is 0.00349. The largest absolute Gasteiger partial charge is 0.383 e. The van der Waals surface area contributed by atoms with Gasteiger partial charge in [-0.1, -0.05) is 5.57 Å². The lowest BCUT2D eigenvalue weighted by atomic mass is 10.2. The number of ether oxygens (including phenoxy) is 1. The van der Waals surface area contributed by atoms with Gasteiger partial charge in [-0.3, -0.25) is 4.79 Å². The average molecular weight is 200 g/mol. The molecule has 0 saturated heterocycles. The Bertz CT molecular complexity index is 181. The van der Waals surface area contributed by atoms with Crippen LogP contribution in [0.1, 0.15) is 13.3 Å². The predicted molar refractivity (Wildman–Crippen MR) is 57.2 cm³/mol. The topological polar surface area (TPSA) is 50.4 Å². The molecule has 4 heteroatoms. The van der Waals surface area contributed by atoms with Gasteiger partial charge in [-0.15, -0.1) is 6.58 Å². The van der Waals surface area contributed by atoms with E-state index in [4.69, 9.17) is 4.74 Å². The van der Waals surface area contributed by atoms with Crippen molar-refractivity contribution in [1.29, 1.82) is 0 Å². The highest BCUT2D eigenvalue weighted by Crippen LogP contribution is 1.91. The zero-order valence-electron chi connectivity index (χ0n) is 9.06. The number of carbonyl (C=O) groups excluding carboxylic acids is 1. The first-order valence-electron chi connectivity index (χ1n) is 4.77. The Kier molecular flexibility index (Phi) is 8.17. The van der Waals surface area contributed by atoms with Crippen molar-refractivity contribution >= 4 is 5.91 Å². The summed E-state index contributed by atoms with van der Waals surface area (Å²) in [7, 11) is 1.61.